The Morgan fingerprint density at radius 2 is 2.20 bits per heavy atom. The Kier molecular flexibility index (Phi) is 2.94. The number of nitrogens with one attached hydrogen (secondary N) is 1. The molecule has 0 saturated heterocycles. The first kappa shape index (κ1) is 7.80. The fourth-order valence-electron chi connectivity index (χ4n) is 1.53. The Balaban J connectivity index is 2.33. The van der Waals surface area contributed by atoms with Gasteiger partial charge in [0, 0.05) is 6.04 Å². The van der Waals surface area contributed by atoms with Gasteiger partial charge in [-0.05, 0) is 39.2 Å². The Morgan fingerprint density at radius 1 is 1.40 bits per heavy atom. The van der Waals surface area contributed by atoms with Crippen molar-refractivity contribution in [3.8, 4) is 0 Å². The molecule has 0 amide bonds. The predicted molar refractivity (Wildman–Crippen MR) is 45.1 cm³/mol. The van der Waals surface area contributed by atoms with Crippen LogP contribution in [0, 0.1) is 0 Å². The minimum Gasteiger partial charge on any atom is -0.317 e. The molecule has 1 atom stereocenters. The molecule has 1 rings (SSSR count). The smallest absolute Gasteiger partial charge is 0.00672 e. The second-order valence-corrected chi connectivity index (χ2v) is 3.17. The highest BCUT2D eigenvalue weighted by Gasteiger charge is 2.10. The van der Waals surface area contributed by atoms with Crippen LogP contribution in [0.15, 0.2) is 12.2 Å². The van der Waals surface area contributed by atoms with Crippen molar-refractivity contribution in [2.75, 3.05) is 7.05 Å². The molecule has 0 aromatic rings. The first-order valence-corrected chi connectivity index (χ1v) is 4.17. The van der Waals surface area contributed by atoms with Gasteiger partial charge in [0.15, 0.2) is 0 Å². The third-order valence-electron chi connectivity index (χ3n) is 2.34. The lowest BCUT2D eigenvalue weighted by Gasteiger charge is -2.10. The van der Waals surface area contributed by atoms with Gasteiger partial charge >= 0.3 is 0 Å². The normalized spacial score (nSPS) is 28.1. The summed E-state index contributed by atoms with van der Waals surface area (Å²) in [6.07, 6.45) is 6.42. The third-order valence-corrected chi connectivity index (χ3v) is 2.34. The van der Waals surface area contributed by atoms with Crippen LogP contribution < -0.4 is 5.32 Å². The second kappa shape index (κ2) is 3.77. The van der Waals surface area contributed by atoms with E-state index in [1.54, 1.807) is 0 Å². The van der Waals surface area contributed by atoms with Gasteiger partial charge in [-0.15, -0.1) is 0 Å². The zero-order chi connectivity index (χ0) is 7.40. The molecular weight excluding hydrogens is 122 g/mol. The fourth-order valence-corrected chi connectivity index (χ4v) is 1.53. The van der Waals surface area contributed by atoms with Crippen LogP contribution in [-0.4, -0.2) is 13.1 Å². The van der Waals surface area contributed by atoms with Gasteiger partial charge < -0.3 is 5.32 Å². The quantitative estimate of drug-likeness (QED) is 0.433. The van der Waals surface area contributed by atoms with Crippen molar-refractivity contribution >= 4 is 0 Å². The Bertz CT molecular complexity index is 118. The van der Waals surface area contributed by atoms with Gasteiger partial charge in [0.1, 0.15) is 0 Å². The summed E-state index contributed by atoms with van der Waals surface area (Å²) < 4.78 is 0. The van der Waals surface area contributed by atoms with Crippen molar-refractivity contribution in [1.82, 2.24) is 5.32 Å². The molecule has 10 heavy (non-hydrogen) atoms. The lowest BCUT2D eigenvalue weighted by molar-refractivity contribution is 0.501. The van der Waals surface area contributed by atoms with Crippen molar-refractivity contribution in [3.63, 3.8) is 0 Å². The zero-order valence-electron chi connectivity index (χ0n) is 6.82. The van der Waals surface area contributed by atoms with Crippen LogP contribution in [0.25, 0.3) is 0 Å². The van der Waals surface area contributed by atoms with E-state index in [1.807, 2.05) is 0 Å². The van der Waals surface area contributed by atoms with Crippen LogP contribution in [0.4, 0.5) is 0 Å². The summed E-state index contributed by atoms with van der Waals surface area (Å²) >= 11 is 0. The first-order chi connectivity index (χ1) is 4.83. The minimum atomic E-state index is 0.749. The van der Waals surface area contributed by atoms with E-state index in [0.717, 1.165) is 6.04 Å². The summed E-state index contributed by atoms with van der Waals surface area (Å²) in [5, 5.41) is 3.32. The van der Waals surface area contributed by atoms with Crippen LogP contribution in [0.2, 0.25) is 0 Å². The van der Waals surface area contributed by atoms with E-state index in [9.17, 15) is 0 Å². The highest BCUT2D eigenvalue weighted by molar-refractivity contribution is 4.97. The van der Waals surface area contributed by atoms with Crippen LogP contribution in [-0.2, 0) is 0 Å². The molecular formula is C9H17N. The molecule has 1 nitrogen and oxygen atoms in total. The van der Waals surface area contributed by atoms with E-state index in [4.69, 9.17) is 0 Å². The summed E-state index contributed by atoms with van der Waals surface area (Å²) in [4.78, 5) is 0. The standard InChI is InChI=1S/C9H17N/c1-8-4-3-5-9(10-2)7-6-8/h9-10H,1,3-7H2,2H3. The molecule has 1 aliphatic rings. The molecule has 0 bridgehead atoms. The van der Waals surface area contributed by atoms with E-state index in [1.165, 1.54) is 37.7 Å². The van der Waals surface area contributed by atoms with Gasteiger partial charge in [-0.25, -0.2) is 0 Å². The molecule has 1 heteroatoms. The predicted octanol–water partition coefficient (Wildman–Crippen LogP) is 2.09. The number of hydrogen-bond donors (Lipinski definition) is 1. The maximum atomic E-state index is 4.02. The number of allylic oxidation sites excluding steroid dienone is 1. The second-order valence-electron chi connectivity index (χ2n) is 3.17. The van der Waals surface area contributed by atoms with Gasteiger partial charge in [-0.2, -0.15) is 0 Å². The minimum absolute atomic E-state index is 0.749. The van der Waals surface area contributed by atoms with E-state index >= 15 is 0 Å². The SMILES string of the molecule is C=C1CCCC(NC)CC1. The fraction of sp³-hybridized carbons (Fsp3) is 0.778. The molecule has 1 fully saturated rings. The maximum absolute atomic E-state index is 4.02. The molecule has 1 N–H and O–H groups in total. The van der Waals surface area contributed by atoms with Gasteiger partial charge in [0.05, 0.1) is 0 Å². The Hall–Kier alpha value is -0.300. The molecule has 1 saturated carbocycles. The molecule has 0 radical (unpaired) electrons. The van der Waals surface area contributed by atoms with Crippen LogP contribution >= 0.6 is 0 Å². The van der Waals surface area contributed by atoms with Crippen molar-refractivity contribution < 1.29 is 0 Å². The lowest BCUT2D eigenvalue weighted by Crippen LogP contribution is -2.23. The molecule has 58 valence electrons. The topological polar surface area (TPSA) is 12.0 Å². The zero-order valence-corrected chi connectivity index (χ0v) is 6.82. The molecule has 0 aliphatic heterocycles. The van der Waals surface area contributed by atoms with Crippen LogP contribution in [0.5, 0.6) is 0 Å². The van der Waals surface area contributed by atoms with Gasteiger partial charge in [0.2, 0.25) is 0 Å². The highest BCUT2D eigenvalue weighted by atomic mass is 14.9. The summed E-state index contributed by atoms with van der Waals surface area (Å²) in [6.45, 7) is 4.02. The molecule has 0 aromatic carbocycles. The van der Waals surface area contributed by atoms with Gasteiger partial charge in [0.25, 0.3) is 0 Å². The van der Waals surface area contributed by atoms with E-state index in [0.29, 0.717) is 0 Å². The monoisotopic (exact) mass is 139 g/mol. The first-order valence-electron chi connectivity index (χ1n) is 4.17. The average molecular weight is 139 g/mol. The third kappa shape index (κ3) is 2.14. The van der Waals surface area contributed by atoms with Crippen molar-refractivity contribution in [2.45, 2.75) is 38.1 Å². The van der Waals surface area contributed by atoms with E-state index in [2.05, 4.69) is 18.9 Å². The lowest BCUT2D eigenvalue weighted by atomic mass is 10.1. The Morgan fingerprint density at radius 3 is 2.90 bits per heavy atom. The van der Waals surface area contributed by atoms with Crippen molar-refractivity contribution in [1.29, 1.82) is 0 Å². The highest BCUT2D eigenvalue weighted by Crippen LogP contribution is 2.20. The Labute approximate surface area is 63.5 Å². The summed E-state index contributed by atoms with van der Waals surface area (Å²) in [6, 6.07) is 0.749. The van der Waals surface area contributed by atoms with Crippen molar-refractivity contribution in [2.24, 2.45) is 0 Å². The van der Waals surface area contributed by atoms with Crippen LogP contribution in [0.1, 0.15) is 32.1 Å². The molecule has 0 heterocycles. The number of hydrogen-bond acceptors (Lipinski definition) is 1. The summed E-state index contributed by atoms with van der Waals surface area (Å²) in [5.41, 5.74) is 1.44. The van der Waals surface area contributed by atoms with E-state index < -0.39 is 0 Å². The molecule has 1 aliphatic carbocycles. The molecule has 0 aromatic heterocycles. The maximum Gasteiger partial charge on any atom is 0.00672 e. The number of rotatable bonds is 1. The van der Waals surface area contributed by atoms with Gasteiger partial charge in [-0.3, -0.25) is 0 Å². The average Bonchev–Trinajstić information content (AvgIpc) is 2.14. The summed E-state index contributed by atoms with van der Waals surface area (Å²) in [7, 11) is 2.05. The summed E-state index contributed by atoms with van der Waals surface area (Å²) in [5.74, 6) is 0. The largest absolute Gasteiger partial charge is 0.317 e. The van der Waals surface area contributed by atoms with Crippen molar-refractivity contribution in [3.05, 3.63) is 12.2 Å². The van der Waals surface area contributed by atoms with Crippen LogP contribution in [0.3, 0.4) is 0 Å². The molecule has 1 unspecified atom stereocenters. The van der Waals surface area contributed by atoms with Gasteiger partial charge in [-0.1, -0.05) is 12.2 Å². The van der Waals surface area contributed by atoms with E-state index in [-0.39, 0.29) is 0 Å². The molecule has 0 spiro atoms.